The van der Waals surface area contributed by atoms with Crippen LogP contribution in [0.1, 0.15) is 18.9 Å². The second kappa shape index (κ2) is 3.97. The molecular weight excluding hydrogens is 210 g/mol. The molecule has 0 saturated carbocycles. The Hall–Kier alpha value is -0.830. The molecule has 2 heterocycles. The Labute approximate surface area is 95.5 Å². The third-order valence-corrected chi connectivity index (χ3v) is 3.63. The van der Waals surface area contributed by atoms with Crippen LogP contribution >= 0.6 is 11.6 Å². The van der Waals surface area contributed by atoms with Crippen LogP contribution in [0.3, 0.4) is 0 Å². The molecule has 15 heavy (non-hydrogen) atoms. The Morgan fingerprint density at radius 2 is 2.40 bits per heavy atom. The molecule has 0 N–H and O–H groups in total. The molecule has 1 unspecified atom stereocenters. The van der Waals surface area contributed by atoms with Crippen molar-refractivity contribution in [2.75, 3.05) is 23.9 Å². The van der Waals surface area contributed by atoms with Gasteiger partial charge in [0.05, 0.1) is 6.20 Å². The molecule has 0 aromatic carbocycles. The summed E-state index contributed by atoms with van der Waals surface area (Å²) in [6.45, 7) is 6.27. The first kappa shape index (κ1) is 10.7. The molecule has 1 fully saturated rings. The molecule has 1 aliphatic rings. The van der Waals surface area contributed by atoms with Gasteiger partial charge >= 0.3 is 0 Å². The number of hydrogen-bond acceptors (Lipinski definition) is 3. The number of hydrogen-bond donors (Lipinski definition) is 0. The van der Waals surface area contributed by atoms with Gasteiger partial charge in [0.2, 0.25) is 0 Å². The summed E-state index contributed by atoms with van der Waals surface area (Å²) in [4.78, 5) is 2.27. The summed E-state index contributed by atoms with van der Waals surface area (Å²) in [6.07, 6.45) is 2.91. The van der Waals surface area contributed by atoms with E-state index in [1.54, 1.807) is 6.20 Å². The summed E-state index contributed by atoms with van der Waals surface area (Å²) in [7, 11) is 0. The molecule has 0 bridgehead atoms. The normalized spacial score (nSPS) is 25.9. The largest absolute Gasteiger partial charge is 0.355 e. The van der Waals surface area contributed by atoms with Gasteiger partial charge in [-0.1, -0.05) is 6.92 Å². The van der Waals surface area contributed by atoms with E-state index in [-0.39, 0.29) is 5.41 Å². The Bertz CT molecular complexity index is 355. The number of aryl methyl sites for hydroxylation is 1. The standard InChI is InChI=1S/C11H16ClN3/c1-9-5-10(14-13-6-9)15-4-3-11(2,7-12)8-15/h5-6H,3-4,7-8H2,1-2H3. The molecule has 2 rings (SSSR count). The number of halogens is 1. The fourth-order valence-electron chi connectivity index (χ4n) is 1.93. The van der Waals surface area contributed by atoms with Gasteiger partial charge in [0, 0.05) is 24.4 Å². The van der Waals surface area contributed by atoms with Gasteiger partial charge in [-0.2, -0.15) is 5.10 Å². The number of rotatable bonds is 2. The lowest BCUT2D eigenvalue weighted by Crippen LogP contribution is -2.26. The first-order valence-corrected chi connectivity index (χ1v) is 5.77. The molecule has 0 amide bonds. The van der Waals surface area contributed by atoms with E-state index >= 15 is 0 Å². The van der Waals surface area contributed by atoms with Gasteiger partial charge in [-0.25, -0.2) is 0 Å². The quantitative estimate of drug-likeness (QED) is 0.723. The molecule has 0 aliphatic carbocycles. The average molecular weight is 226 g/mol. The molecule has 4 heteroatoms. The predicted octanol–water partition coefficient (Wildman–Crippen LogP) is 2.24. The number of anilines is 1. The highest BCUT2D eigenvalue weighted by Gasteiger charge is 2.33. The van der Waals surface area contributed by atoms with E-state index in [0.717, 1.165) is 30.9 Å². The third kappa shape index (κ3) is 2.23. The minimum absolute atomic E-state index is 0.229. The van der Waals surface area contributed by atoms with Crippen LogP contribution < -0.4 is 4.90 Å². The highest BCUT2D eigenvalue weighted by Crippen LogP contribution is 2.33. The Kier molecular flexibility index (Phi) is 2.83. The lowest BCUT2D eigenvalue weighted by molar-refractivity contribution is 0.425. The van der Waals surface area contributed by atoms with Crippen molar-refractivity contribution in [3.05, 3.63) is 17.8 Å². The minimum Gasteiger partial charge on any atom is -0.355 e. The van der Waals surface area contributed by atoms with E-state index in [0.29, 0.717) is 5.88 Å². The van der Waals surface area contributed by atoms with Gasteiger partial charge in [0.25, 0.3) is 0 Å². The van der Waals surface area contributed by atoms with Crippen LogP contribution in [0.4, 0.5) is 5.82 Å². The molecule has 1 aromatic heterocycles. The fraction of sp³-hybridized carbons (Fsp3) is 0.636. The van der Waals surface area contributed by atoms with Crippen molar-refractivity contribution in [2.24, 2.45) is 5.41 Å². The van der Waals surface area contributed by atoms with Gasteiger partial charge in [0.1, 0.15) is 0 Å². The number of nitrogens with zero attached hydrogens (tertiary/aromatic N) is 3. The Morgan fingerprint density at radius 1 is 1.60 bits per heavy atom. The SMILES string of the molecule is Cc1cnnc(N2CCC(C)(CCl)C2)c1. The molecule has 82 valence electrons. The van der Waals surface area contributed by atoms with E-state index in [1.807, 2.05) is 6.92 Å². The maximum absolute atomic E-state index is 5.97. The maximum Gasteiger partial charge on any atom is 0.151 e. The first-order chi connectivity index (χ1) is 7.13. The van der Waals surface area contributed by atoms with E-state index in [2.05, 4.69) is 28.1 Å². The highest BCUT2D eigenvalue weighted by atomic mass is 35.5. The van der Waals surface area contributed by atoms with Crippen LogP contribution in [0.25, 0.3) is 0 Å². The first-order valence-electron chi connectivity index (χ1n) is 5.23. The van der Waals surface area contributed by atoms with Gasteiger partial charge < -0.3 is 4.90 Å². The summed E-state index contributed by atoms with van der Waals surface area (Å²) >= 11 is 5.97. The number of alkyl halides is 1. The zero-order valence-electron chi connectivity index (χ0n) is 9.20. The van der Waals surface area contributed by atoms with E-state index in [1.165, 1.54) is 0 Å². The van der Waals surface area contributed by atoms with E-state index < -0.39 is 0 Å². The zero-order chi connectivity index (χ0) is 10.9. The van der Waals surface area contributed by atoms with Crippen LogP contribution in [-0.4, -0.2) is 29.2 Å². The van der Waals surface area contributed by atoms with Crippen molar-refractivity contribution in [1.29, 1.82) is 0 Å². The number of aromatic nitrogens is 2. The van der Waals surface area contributed by atoms with Crippen molar-refractivity contribution in [1.82, 2.24) is 10.2 Å². The lowest BCUT2D eigenvalue weighted by atomic mass is 9.93. The molecule has 0 spiro atoms. The van der Waals surface area contributed by atoms with Crippen LogP contribution in [0.5, 0.6) is 0 Å². The molecule has 1 atom stereocenters. The van der Waals surface area contributed by atoms with E-state index in [9.17, 15) is 0 Å². The van der Waals surface area contributed by atoms with Crippen LogP contribution in [0.2, 0.25) is 0 Å². The summed E-state index contributed by atoms with van der Waals surface area (Å²) < 4.78 is 0. The fourth-order valence-corrected chi connectivity index (χ4v) is 2.15. The van der Waals surface area contributed by atoms with Crippen molar-refractivity contribution < 1.29 is 0 Å². The van der Waals surface area contributed by atoms with Gasteiger partial charge in [-0.3, -0.25) is 0 Å². The molecule has 3 nitrogen and oxygen atoms in total. The molecule has 1 aromatic rings. The lowest BCUT2D eigenvalue weighted by Gasteiger charge is -2.22. The highest BCUT2D eigenvalue weighted by molar-refractivity contribution is 6.18. The van der Waals surface area contributed by atoms with Crippen LogP contribution in [0.15, 0.2) is 12.3 Å². The summed E-state index contributed by atoms with van der Waals surface area (Å²) in [5.74, 6) is 1.69. The van der Waals surface area contributed by atoms with Gasteiger partial charge in [-0.05, 0) is 25.0 Å². The van der Waals surface area contributed by atoms with Crippen molar-refractivity contribution in [2.45, 2.75) is 20.3 Å². The Morgan fingerprint density at radius 3 is 3.00 bits per heavy atom. The minimum atomic E-state index is 0.229. The van der Waals surface area contributed by atoms with Crippen LogP contribution in [0, 0.1) is 12.3 Å². The van der Waals surface area contributed by atoms with Crippen molar-refractivity contribution in [3.63, 3.8) is 0 Å². The molecule has 1 saturated heterocycles. The second-order valence-electron chi connectivity index (χ2n) is 4.71. The van der Waals surface area contributed by atoms with E-state index in [4.69, 9.17) is 11.6 Å². The third-order valence-electron chi connectivity index (χ3n) is 2.98. The Balaban J connectivity index is 2.14. The average Bonchev–Trinajstić information content (AvgIpc) is 2.62. The topological polar surface area (TPSA) is 29.0 Å². The summed E-state index contributed by atoms with van der Waals surface area (Å²) in [5.41, 5.74) is 1.38. The summed E-state index contributed by atoms with van der Waals surface area (Å²) in [6, 6.07) is 2.08. The zero-order valence-corrected chi connectivity index (χ0v) is 9.96. The molecule has 1 aliphatic heterocycles. The second-order valence-corrected chi connectivity index (χ2v) is 4.97. The maximum atomic E-state index is 5.97. The predicted molar refractivity (Wildman–Crippen MR) is 62.4 cm³/mol. The molecular formula is C11H16ClN3. The smallest absolute Gasteiger partial charge is 0.151 e. The van der Waals surface area contributed by atoms with Crippen molar-refractivity contribution >= 4 is 17.4 Å². The summed E-state index contributed by atoms with van der Waals surface area (Å²) in [5, 5.41) is 8.13. The van der Waals surface area contributed by atoms with Gasteiger partial charge in [0.15, 0.2) is 5.82 Å². The monoisotopic (exact) mass is 225 g/mol. The molecule has 0 radical (unpaired) electrons. The van der Waals surface area contributed by atoms with Crippen LogP contribution in [-0.2, 0) is 0 Å². The van der Waals surface area contributed by atoms with Crippen molar-refractivity contribution in [3.8, 4) is 0 Å². The van der Waals surface area contributed by atoms with Gasteiger partial charge in [-0.15, -0.1) is 16.7 Å².